The van der Waals surface area contributed by atoms with E-state index in [4.69, 9.17) is 34.8 Å². The molecule has 1 aliphatic carbocycles. The van der Waals surface area contributed by atoms with E-state index in [9.17, 15) is 0 Å². The molecule has 0 amide bonds. The molecule has 0 radical (unpaired) electrons. The topological polar surface area (TPSA) is 0 Å². The molecule has 0 N–H and O–H groups in total. The Morgan fingerprint density at radius 3 is 2.13 bits per heavy atom. The SMILES string of the molecule is ClCCC1CCCCC1(CCCl)CCCl. The van der Waals surface area contributed by atoms with Crippen molar-refractivity contribution in [1.82, 2.24) is 0 Å². The Bertz CT molecular complexity index is 157. The summed E-state index contributed by atoms with van der Waals surface area (Å²) in [4.78, 5) is 0. The summed E-state index contributed by atoms with van der Waals surface area (Å²) in [7, 11) is 0. The summed E-state index contributed by atoms with van der Waals surface area (Å²) in [5.74, 6) is 3.05. The Morgan fingerprint density at radius 2 is 1.60 bits per heavy atom. The van der Waals surface area contributed by atoms with Crippen LogP contribution in [0.2, 0.25) is 0 Å². The first kappa shape index (κ1) is 13.9. The maximum Gasteiger partial charge on any atom is 0.0228 e. The Labute approximate surface area is 109 Å². The van der Waals surface area contributed by atoms with Crippen LogP contribution in [0.15, 0.2) is 0 Å². The summed E-state index contributed by atoms with van der Waals surface area (Å²) < 4.78 is 0. The summed E-state index contributed by atoms with van der Waals surface area (Å²) in [5, 5.41) is 0. The van der Waals surface area contributed by atoms with Gasteiger partial charge in [0.05, 0.1) is 0 Å². The van der Waals surface area contributed by atoms with Crippen LogP contribution in [0.1, 0.15) is 44.9 Å². The fourth-order valence-electron chi connectivity index (χ4n) is 3.12. The van der Waals surface area contributed by atoms with Crippen LogP contribution in [0.5, 0.6) is 0 Å². The van der Waals surface area contributed by atoms with Crippen molar-refractivity contribution in [3.8, 4) is 0 Å². The summed E-state index contributed by atoms with van der Waals surface area (Å²) >= 11 is 17.8. The highest BCUT2D eigenvalue weighted by Crippen LogP contribution is 2.48. The minimum absolute atomic E-state index is 0.399. The number of rotatable bonds is 6. The van der Waals surface area contributed by atoms with Gasteiger partial charge in [-0.1, -0.05) is 12.8 Å². The molecular formula is C12H21Cl3. The molecule has 1 rings (SSSR count). The van der Waals surface area contributed by atoms with E-state index in [2.05, 4.69) is 0 Å². The van der Waals surface area contributed by atoms with Crippen molar-refractivity contribution in [2.45, 2.75) is 44.9 Å². The molecule has 90 valence electrons. The lowest BCUT2D eigenvalue weighted by atomic mass is 9.62. The number of hydrogen-bond acceptors (Lipinski definition) is 0. The highest BCUT2D eigenvalue weighted by molar-refractivity contribution is 6.18. The third kappa shape index (κ3) is 3.68. The molecule has 0 spiro atoms. The molecule has 3 heteroatoms. The van der Waals surface area contributed by atoms with E-state index in [1.165, 1.54) is 25.7 Å². The van der Waals surface area contributed by atoms with E-state index in [0.29, 0.717) is 5.41 Å². The quantitative estimate of drug-likeness (QED) is 0.593. The second kappa shape index (κ2) is 7.25. The lowest BCUT2D eigenvalue weighted by Gasteiger charge is -2.44. The number of hydrogen-bond donors (Lipinski definition) is 0. The van der Waals surface area contributed by atoms with E-state index in [1.807, 2.05) is 0 Å². The van der Waals surface area contributed by atoms with Crippen LogP contribution in [0.4, 0.5) is 0 Å². The normalized spacial score (nSPS) is 25.4. The van der Waals surface area contributed by atoms with Crippen molar-refractivity contribution in [2.24, 2.45) is 11.3 Å². The van der Waals surface area contributed by atoms with Gasteiger partial charge in [-0.15, -0.1) is 34.8 Å². The van der Waals surface area contributed by atoms with Crippen molar-refractivity contribution in [3.63, 3.8) is 0 Å². The van der Waals surface area contributed by atoms with Crippen LogP contribution in [-0.4, -0.2) is 17.6 Å². The Balaban J connectivity index is 2.68. The second-order valence-electron chi connectivity index (χ2n) is 4.66. The van der Waals surface area contributed by atoms with Gasteiger partial charge in [0.2, 0.25) is 0 Å². The lowest BCUT2D eigenvalue weighted by molar-refractivity contribution is 0.0823. The Hall–Kier alpha value is 0.870. The predicted molar refractivity (Wildman–Crippen MR) is 70.4 cm³/mol. The van der Waals surface area contributed by atoms with E-state index in [-0.39, 0.29) is 0 Å². The maximum absolute atomic E-state index is 5.95. The zero-order valence-corrected chi connectivity index (χ0v) is 11.6. The van der Waals surface area contributed by atoms with Gasteiger partial charge in [0, 0.05) is 17.6 Å². The van der Waals surface area contributed by atoms with Gasteiger partial charge < -0.3 is 0 Å². The first-order valence-corrected chi connectivity index (χ1v) is 7.57. The Kier molecular flexibility index (Phi) is 6.73. The third-order valence-corrected chi connectivity index (χ3v) is 4.58. The molecule has 0 aromatic carbocycles. The standard InChI is InChI=1S/C12H21Cl3/c13-8-4-11-3-1-2-5-12(11,6-9-14)7-10-15/h11H,1-10H2. The Morgan fingerprint density at radius 1 is 0.933 bits per heavy atom. The molecule has 0 bridgehead atoms. The monoisotopic (exact) mass is 270 g/mol. The van der Waals surface area contributed by atoms with Crippen LogP contribution < -0.4 is 0 Å². The summed E-state index contributed by atoms with van der Waals surface area (Å²) in [6.45, 7) is 0. The summed E-state index contributed by atoms with van der Waals surface area (Å²) in [5.41, 5.74) is 0.399. The zero-order valence-electron chi connectivity index (χ0n) is 9.28. The van der Waals surface area contributed by atoms with E-state index in [0.717, 1.165) is 42.8 Å². The maximum atomic E-state index is 5.95. The van der Waals surface area contributed by atoms with Crippen molar-refractivity contribution in [2.75, 3.05) is 17.6 Å². The first-order chi connectivity index (χ1) is 7.29. The van der Waals surface area contributed by atoms with Gasteiger partial charge in [-0.25, -0.2) is 0 Å². The zero-order chi connectivity index (χ0) is 11.1. The van der Waals surface area contributed by atoms with Gasteiger partial charge in [0.1, 0.15) is 0 Å². The molecular weight excluding hydrogens is 250 g/mol. The summed E-state index contributed by atoms with van der Waals surface area (Å²) in [6, 6.07) is 0. The molecule has 0 aliphatic heterocycles. The van der Waals surface area contributed by atoms with Gasteiger partial charge in [-0.2, -0.15) is 0 Å². The number of halogens is 3. The molecule has 0 aromatic rings. The molecule has 15 heavy (non-hydrogen) atoms. The number of alkyl halides is 3. The van der Waals surface area contributed by atoms with E-state index < -0.39 is 0 Å². The molecule has 0 nitrogen and oxygen atoms in total. The lowest BCUT2D eigenvalue weighted by Crippen LogP contribution is -2.35. The largest absolute Gasteiger partial charge is 0.127 e. The molecule has 1 aliphatic rings. The fourth-order valence-corrected chi connectivity index (χ4v) is 4.14. The highest BCUT2D eigenvalue weighted by Gasteiger charge is 2.38. The summed E-state index contributed by atoms with van der Waals surface area (Å²) in [6.07, 6.45) is 8.68. The minimum Gasteiger partial charge on any atom is -0.127 e. The van der Waals surface area contributed by atoms with Gasteiger partial charge in [0.25, 0.3) is 0 Å². The average Bonchev–Trinajstić information content (AvgIpc) is 2.23. The molecule has 1 fully saturated rings. The fraction of sp³-hybridized carbons (Fsp3) is 1.00. The molecule has 1 unspecified atom stereocenters. The van der Waals surface area contributed by atoms with Crippen LogP contribution in [0.3, 0.4) is 0 Å². The van der Waals surface area contributed by atoms with Crippen molar-refractivity contribution in [1.29, 1.82) is 0 Å². The molecule has 0 saturated heterocycles. The smallest absolute Gasteiger partial charge is 0.0228 e. The van der Waals surface area contributed by atoms with Crippen molar-refractivity contribution >= 4 is 34.8 Å². The van der Waals surface area contributed by atoms with E-state index >= 15 is 0 Å². The van der Waals surface area contributed by atoms with Crippen LogP contribution in [-0.2, 0) is 0 Å². The molecule has 0 heterocycles. The van der Waals surface area contributed by atoms with Crippen molar-refractivity contribution < 1.29 is 0 Å². The molecule has 1 saturated carbocycles. The van der Waals surface area contributed by atoms with Gasteiger partial charge in [0.15, 0.2) is 0 Å². The average molecular weight is 272 g/mol. The van der Waals surface area contributed by atoms with E-state index in [1.54, 1.807) is 0 Å². The first-order valence-electron chi connectivity index (χ1n) is 5.97. The molecule has 0 aromatic heterocycles. The van der Waals surface area contributed by atoms with Crippen LogP contribution in [0, 0.1) is 11.3 Å². The third-order valence-electron chi connectivity index (χ3n) is 3.99. The van der Waals surface area contributed by atoms with Crippen LogP contribution in [0.25, 0.3) is 0 Å². The van der Waals surface area contributed by atoms with Gasteiger partial charge in [-0.3, -0.25) is 0 Å². The second-order valence-corrected chi connectivity index (χ2v) is 5.79. The van der Waals surface area contributed by atoms with Gasteiger partial charge in [-0.05, 0) is 43.4 Å². The van der Waals surface area contributed by atoms with Gasteiger partial charge >= 0.3 is 0 Å². The predicted octanol–water partition coefficient (Wildman–Crippen LogP) is 5.05. The van der Waals surface area contributed by atoms with Crippen LogP contribution >= 0.6 is 34.8 Å². The molecule has 1 atom stereocenters. The van der Waals surface area contributed by atoms with Crippen molar-refractivity contribution in [3.05, 3.63) is 0 Å². The minimum atomic E-state index is 0.399. The highest BCUT2D eigenvalue weighted by atomic mass is 35.5.